The Balaban J connectivity index is 2.39. The maximum absolute atomic E-state index is 11.5. The van der Waals surface area contributed by atoms with Crippen LogP contribution >= 0.6 is 0 Å². The first-order chi connectivity index (χ1) is 6.65. The summed E-state index contributed by atoms with van der Waals surface area (Å²) in [7, 11) is 0. The lowest BCUT2D eigenvalue weighted by Gasteiger charge is -2.24. The minimum atomic E-state index is 0.296. The zero-order valence-electron chi connectivity index (χ0n) is 9.33. The van der Waals surface area contributed by atoms with E-state index in [2.05, 4.69) is 13.8 Å². The number of hydrogen-bond acceptors (Lipinski definition) is 2. The van der Waals surface area contributed by atoms with E-state index in [9.17, 15) is 4.79 Å². The fourth-order valence-electron chi connectivity index (χ4n) is 2.07. The highest BCUT2D eigenvalue weighted by Gasteiger charge is 2.29. The molecule has 3 nitrogen and oxygen atoms in total. The molecule has 1 aliphatic heterocycles. The van der Waals surface area contributed by atoms with E-state index < -0.39 is 0 Å². The Hall–Kier alpha value is -0.570. The quantitative estimate of drug-likeness (QED) is 0.725. The zero-order valence-corrected chi connectivity index (χ0v) is 9.33. The summed E-state index contributed by atoms with van der Waals surface area (Å²) in [5.74, 6) is 1.02. The van der Waals surface area contributed by atoms with E-state index in [1.165, 1.54) is 6.42 Å². The molecule has 14 heavy (non-hydrogen) atoms. The van der Waals surface area contributed by atoms with Crippen LogP contribution in [0.3, 0.4) is 0 Å². The molecule has 2 N–H and O–H groups in total. The summed E-state index contributed by atoms with van der Waals surface area (Å²) in [6, 6.07) is 0.466. The molecule has 1 atom stereocenters. The maximum Gasteiger partial charge on any atom is 0.222 e. The minimum Gasteiger partial charge on any atom is -0.338 e. The Labute approximate surface area is 86.6 Å². The van der Waals surface area contributed by atoms with E-state index in [-0.39, 0.29) is 0 Å². The third-order valence-corrected chi connectivity index (χ3v) is 2.90. The van der Waals surface area contributed by atoms with Crippen molar-refractivity contribution in [2.45, 2.75) is 45.6 Å². The van der Waals surface area contributed by atoms with E-state index in [1.807, 2.05) is 4.90 Å². The number of likely N-dealkylation sites (tertiary alicyclic amines) is 1. The fraction of sp³-hybridized carbons (Fsp3) is 0.909. The number of carbonyl (C=O) groups is 1. The lowest BCUT2D eigenvalue weighted by atomic mass is 10.0. The predicted molar refractivity (Wildman–Crippen MR) is 57.9 cm³/mol. The van der Waals surface area contributed by atoms with E-state index in [1.54, 1.807) is 0 Å². The highest BCUT2D eigenvalue weighted by Crippen LogP contribution is 2.23. The Morgan fingerprint density at radius 3 is 2.86 bits per heavy atom. The number of nitrogens with zero attached hydrogens (tertiary/aromatic N) is 1. The van der Waals surface area contributed by atoms with Gasteiger partial charge < -0.3 is 10.6 Å². The molecular formula is C11H22N2O. The van der Waals surface area contributed by atoms with Crippen molar-refractivity contribution in [2.75, 3.05) is 13.1 Å². The normalized spacial score (nSPS) is 22.4. The van der Waals surface area contributed by atoms with E-state index in [0.717, 1.165) is 31.7 Å². The van der Waals surface area contributed by atoms with E-state index >= 15 is 0 Å². The Morgan fingerprint density at radius 1 is 1.57 bits per heavy atom. The molecule has 1 aliphatic rings. The Kier molecular flexibility index (Phi) is 4.39. The van der Waals surface area contributed by atoms with Crippen LogP contribution in [-0.4, -0.2) is 29.9 Å². The molecule has 0 aromatic heterocycles. The molecule has 0 aromatic rings. The molecule has 3 heteroatoms. The molecule has 82 valence electrons. The number of rotatable bonds is 5. The first-order valence-corrected chi connectivity index (χ1v) is 5.64. The second-order valence-corrected chi connectivity index (χ2v) is 4.54. The molecule has 0 aromatic carbocycles. The van der Waals surface area contributed by atoms with Crippen LogP contribution in [0.25, 0.3) is 0 Å². The molecule has 0 bridgehead atoms. The van der Waals surface area contributed by atoms with Gasteiger partial charge >= 0.3 is 0 Å². The lowest BCUT2D eigenvalue weighted by Crippen LogP contribution is -2.37. The first-order valence-electron chi connectivity index (χ1n) is 5.64. The summed E-state index contributed by atoms with van der Waals surface area (Å²) in [5, 5.41) is 0. The first kappa shape index (κ1) is 11.5. The Morgan fingerprint density at radius 2 is 2.29 bits per heavy atom. The van der Waals surface area contributed by atoms with Gasteiger partial charge in [-0.3, -0.25) is 4.79 Å². The van der Waals surface area contributed by atoms with Crippen LogP contribution in [0, 0.1) is 5.92 Å². The maximum atomic E-state index is 11.5. The van der Waals surface area contributed by atoms with Crippen molar-refractivity contribution in [1.82, 2.24) is 4.90 Å². The topological polar surface area (TPSA) is 46.3 Å². The number of amides is 1. The molecule has 0 radical (unpaired) electrons. The monoisotopic (exact) mass is 198 g/mol. The van der Waals surface area contributed by atoms with Gasteiger partial charge in [0.25, 0.3) is 0 Å². The van der Waals surface area contributed by atoms with Crippen LogP contribution in [0.2, 0.25) is 0 Å². The summed E-state index contributed by atoms with van der Waals surface area (Å²) in [4.78, 5) is 13.5. The second-order valence-electron chi connectivity index (χ2n) is 4.54. The Bertz CT molecular complexity index is 192. The molecule has 1 heterocycles. The van der Waals surface area contributed by atoms with Crippen molar-refractivity contribution in [2.24, 2.45) is 11.7 Å². The van der Waals surface area contributed by atoms with Crippen LogP contribution in [0.1, 0.15) is 39.5 Å². The van der Waals surface area contributed by atoms with Gasteiger partial charge in [-0.25, -0.2) is 0 Å². The SMILES string of the molecule is CC(C)CCC1CCC(=O)N1CCN. The number of nitrogens with two attached hydrogens (primary N) is 1. The molecule has 0 aliphatic carbocycles. The summed E-state index contributed by atoms with van der Waals surface area (Å²) in [6.45, 7) is 5.78. The summed E-state index contributed by atoms with van der Waals surface area (Å²) >= 11 is 0. The van der Waals surface area contributed by atoms with Gasteiger partial charge in [-0.2, -0.15) is 0 Å². The predicted octanol–water partition coefficient (Wildman–Crippen LogP) is 1.37. The van der Waals surface area contributed by atoms with Gasteiger partial charge in [0.05, 0.1) is 0 Å². The van der Waals surface area contributed by atoms with Crippen LogP contribution in [0.4, 0.5) is 0 Å². The van der Waals surface area contributed by atoms with Crippen LogP contribution < -0.4 is 5.73 Å². The highest BCUT2D eigenvalue weighted by molar-refractivity contribution is 5.78. The van der Waals surface area contributed by atoms with Crippen molar-refractivity contribution >= 4 is 5.91 Å². The van der Waals surface area contributed by atoms with E-state index in [0.29, 0.717) is 18.5 Å². The van der Waals surface area contributed by atoms with Gasteiger partial charge in [0.15, 0.2) is 0 Å². The van der Waals surface area contributed by atoms with Gasteiger partial charge in [-0.1, -0.05) is 13.8 Å². The molecular weight excluding hydrogens is 176 g/mol. The zero-order chi connectivity index (χ0) is 10.6. The third kappa shape index (κ3) is 2.98. The van der Waals surface area contributed by atoms with Crippen molar-refractivity contribution in [1.29, 1.82) is 0 Å². The van der Waals surface area contributed by atoms with Crippen molar-refractivity contribution in [3.8, 4) is 0 Å². The molecule has 1 amide bonds. The summed E-state index contributed by atoms with van der Waals surface area (Å²) in [6.07, 6.45) is 4.11. The molecule has 1 saturated heterocycles. The van der Waals surface area contributed by atoms with Crippen molar-refractivity contribution in [3.05, 3.63) is 0 Å². The average molecular weight is 198 g/mol. The van der Waals surface area contributed by atoms with Gasteiger partial charge in [-0.15, -0.1) is 0 Å². The molecule has 0 spiro atoms. The lowest BCUT2D eigenvalue weighted by molar-refractivity contribution is -0.128. The van der Waals surface area contributed by atoms with Gasteiger partial charge in [0, 0.05) is 25.6 Å². The van der Waals surface area contributed by atoms with Crippen molar-refractivity contribution < 1.29 is 4.79 Å². The van der Waals surface area contributed by atoms with Crippen LogP contribution in [-0.2, 0) is 4.79 Å². The molecule has 1 unspecified atom stereocenters. The number of hydrogen-bond donors (Lipinski definition) is 1. The fourth-order valence-corrected chi connectivity index (χ4v) is 2.07. The minimum absolute atomic E-state index is 0.296. The highest BCUT2D eigenvalue weighted by atomic mass is 16.2. The van der Waals surface area contributed by atoms with Gasteiger partial charge in [0.2, 0.25) is 5.91 Å². The molecule has 1 rings (SSSR count). The van der Waals surface area contributed by atoms with Crippen LogP contribution in [0.15, 0.2) is 0 Å². The molecule has 0 saturated carbocycles. The smallest absolute Gasteiger partial charge is 0.222 e. The summed E-state index contributed by atoms with van der Waals surface area (Å²) < 4.78 is 0. The largest absolute Gasteiger partial charge is 0.338 e. The van der Waals surface area contributed by atoms with Crippen LogP contribution in [0.5, 0.6) is 0 Å². The third-order valence-electron chi connectivity index (χ3n) is 2.90. The standard InChI is InChI=1S/C11H22N2O/c1-9(2)3-4-10-5-6-11(14)13(10)8-7-12/h9-10H,3-8,12H2,1-2H3. The van der Waals surface area contributed by atoms with Gasteiger partial charge in [0.1, 0.15) is 0 Å². The second kappa shape index (κ2) is 5.35. The van der Waals surface area contributed by atoms with E-state index in [4.69, 9.17) is 5.73 Å². The summed E-state index contributed by atoms with van der Waals surface area (Å²) in [5.41, 5.74) is 5.49. The molecule has 1 fully saturated rings. The van der Waals surface area contributed by atoms with Crippen molar-refractivity contribution in [3.63, 3.8) is 0 Å². The average Bonchev–Trinajstić information content (AvgIpc) is 2.46. The number of carbonyl (C=O) groups excluding carboxylic acids is 1. The van der Waals surface area contributed by atoms with Gasteiger partial charge in [-0.05, 0) is 25.2 Å².